The molecule has 2 aromatic carbocycles. The molecule has 0 atom stereocenters. The van der Waals surface area contributed by atoms with Crippen LogP contribution in [0.1, 0.15) is 5.56 Å². The third-order valence-electron chi connectivity index (χ3n) is 5.87. The number of fused-ring (bicyclic) bond motifs is 3. The molecule has 6 heteroatoms. The van der Waals surface area contributed by atoms with Crippen LogP contribution >= 0.6 is 0 Å². The van der Waals surface area contributed by atoms with E-state index < -0.39 is 8.07 Å². The molecule has 1 radical (unpaired) electrons. The zero-order valence-electron chi connectivity index (χ0n) is 21.2. The Kier molecular flexibility index (Phi) is 8.13. The molecule has 4 heterocycles. The first-order valence-electron chi connectivity index (χ1n) is 12.0. The van der Waals surface area contributed by atoms with Gasteiger partial charge in [0.1, 0.15) is 5.58 Å². The van der Waals surface area contributed by atoms with Gasteiger partial charge in [0.2, 0.25) is 0 Å². The van der Waals surface area contributed by atoms with E-state index in [0.717, 1.165) is 49.8 Å². The molecule has 0 amide bonds. The van der Waals surface area contributed by atoms with Gasteiger partial charge in [0.15, 0.2) is 0 Å². The Morgan fingerprint density at radius 2 is 1.59 bits per heavy atom. The Bertz CT molecular complexity index is 1610. The Labute approximate surface area is 232 Å². The molecule has 0 saturated carbocycles. The van der Waals surface area contributed by atoms with E-state index in [-0.39, 0.29) is 20.1 Å². The number of furan rings is 1. The van der Waals surface area contributed by atoms with E-state index in [1.54, 1.807) is 6.20 Å². The summed E-state index contributed by atoms with van der Waals surface area (Å²) in [7, 11) is -1.63. The van der Waals surface area contributed by atoms with Gasteiger partial charge < -0.3 is 19.4 Å². The summed E-state index contributed by atoms with van der Waals surface area (Å²) in [5, 5.41) is 3.38. The zero-order valence-corrected chi connectivity index (χ0v) is 24.6. The zero-order chi connectivity index (χ0) is 25.1. The number of pyridine rings is 3. The molecule has 0 N–H and O–H groups in total. The van der Waals surface area contributed by atoms with Crippen molar-refractivity contribution < 1.29 is 24.5 Å². The summed E-state index contributed by atoms with van der Waals surface area (Å²) in [5.74, 6) is 0. The number of aromatic nitrogens is 3. The van der Waals surface area contributed by atoms with Crippen LogP contribution in [0, 0.1) is 19.2 Å². The topological polar surface area (TPSA) is 51.8 Å². The van der Waals surface area contributed by atoms with Crippen LogP contribution in [-0.4, -0.2) is 23.0 Å². The van der Waals surface area contributed by atoms with Gasteiger partial charge in [-0.15, -0.1) is 35.9 Å². The predicted octanol–water partition coefficient (Wildman–Crippen LogP) is 7.24. The van der Waals surface area contributed by atoms with Crippen LogP contribution in [0.5, 0.6) is 0 Å². The maximum Gasteiger partial charge on any atom is 0.121 e. The fraction of sp³-hybridized carbons (Fsp3) is 0.129. The molecule has 0 unspecified atom stereocenters. The number of para-hydroxylation sites is 1. The molecule has 0 aliphatic carbocycles. The normalized spacial score (nSPS) is 11.0. The van der Waals surface area contributed by atoms with Gasteiger partial charge in [-0.3, -0.25) is 0 Å². The average Bonchev–Trinajstić information content (AvgIpc) is 3.29. The largest absolute Gasteiger partial charge is 0.500 e. The van der Waals surface area contributed by atoms with Crippen LogP contribution < -0.4 is 5.32 Å². The van der Waals surface area contributed by atoms with Crippen molar-refractivity contribution in [1.29, 1.82) is 0 Å². The second kappa shape index (κ2) is 11.3. The summed E-state index contributed by atoms with van der Waals surface area (Å²) in [6.45, 7) is 8.92. The predicted molar refractivity (Wildman–Crippen MR) is 150 cm³/mol. The summed E-state index contributed by atoms with van der Waals surface area (Å²) in [4.78, 5) is 13.5. The van der Waals surface area contributed by atoms with E-state index in [1.807, 2.05) is 79.9 Å². The summed E-state index contributed by atoms with van der Waals surface area (Å²) in [5.41, 5.74) is 6.61. The Balaban J connectivity index is 0.000000195. The van der Waals surface area contributed by atoms with Crippen molar-refractivity contribution in [2.45, 2.75) is 26.6 Å². The molecule has 37 heavy (non-hydrogen) atoms. The maximum absolute atomic E-state index is 6.18. The summed E-state index contributed by atoms with van der Waals surface area (Å²) in [6.07, 6.45) is 6.85. The van der Waals surface area contributed by atoms with Crippen LogP contribution in [0.15, 0.2) is 95.7 Å². The number of aryl methyl sites for hydroxylation is 1. The molecule has 4 aromatic heterocycles. The molecular formula is C31H27IrN3OSi-2. The number of benzene rings is 2. The summed E-state index contributed by atoms with van der Waals surface area (Å²) in [6, 6.07) is 29.1. The molecule has 0 aliphatic rings. The van der Waals surface area contributed by atoms with Gasteiger partial charge in [0.25, 0.3) is 0 Å². The van der Waals surface area contributed by atoms with E-state index in [2.05, 4.69) is 54.0 Å². The second-order valence-corrected chi connectivity index (χ2v) is 14.7. The van der Waals surface area contributed by atoms with E-state index in [0.29, 0.717) is 0 Å². The number of nitrogens with zero attached hydrogens (tertiary/aromatic N) is 3. The van der Waals surface area contributed by atoms with E-state index in [9.17, 15) is 0 Å². The van der Waals surface area contributed by atoms with Crippen LogP contribution in [-0.2, 0) is 20.1 Å². The molecule has 187 valence electrons. The molecule has 0 fully saturated rings. The van der Waals surface area contributed by atoms with Crippen LogP contribution in [0.3, 0.4) is 0 Å². The first kappa shape index (κ1) is 26.6. The first-order valence-corrected chi connectivity index (χ1v) is 15.5. The Morgan fingerprint density at radius 1 is 0.811 bits per heavy atom. The molecule has 0 aliphatic heterocycles. The minimum absolute atomic E-state index is 0. The van der Waals surface area contributed by atoms with Gasteiger partial charge in [-0.1, -0.05) is 67.7 Å². The average molecular weight is 678 g/mol. The summed E-state index contributed by atoms with van der Waals surface area (Å²) < 4.78 is 6.18. The fourth-order valence-corrected chi connectivity index (χ4v) is 5.47. The maximum atomic E-state index is 6.18. The molecular weight excluding hydrogens is 651 g/mol. The molecule has 6 aromatic rings. The first-order chi connectivity index (χ1) is 17.4. The molecule has 0 spiro atoms. The third-order valence-corrected chi connectivity index (χ3v) is 7.65. The van der Waals surface area contributed by atoms with Gasteiger partial charge in [-0.2, -0.15) is 0 Å². The number of hydrogen-bond donors (Lipinski definition) is 0. The molecule has 0 bridgehead atoms. The van der Waals surface area contributed by atoms with Gasteiger partial charge >= 0.3 is 0 Å². The Morgan fingerprint density at radius 3 is 2.27 bits per heavy atom. The van der Waals surface area contributed by atoms with Gasteiger partial charge in [0.05, 0.1) is 13.7 Å². The van der Waals surface area contributed by atoms with Gasteiger partial charge in [0, 0.05) is 37.9 Å². The van der Waals surface area contributed by atoms with Crippen molar-refractivity contribution in [1.82, 2.24) is 15.0 Å². The van der Waals surface area contributed by atoms with Crippen molar-refractivity contribution in [3.8, 4) is 22.5 Å². The van der Waals surface area contributed by atoms with E-state index >= 15 is 0 Å². The smallest absolute Gasteiger partial charge is 0.121 e. The van der Waals surface area contributed by atoms with Crippen LogP contribution in [0.25, 0.3) is 44.5 Å². The molecule has 6 rings (SSSR count). The van der Waals surface area contributed by atoms with Crippen molar-refractivity contribution in [2.75, 3.05) is 0 Å². The minimum atomic E-state index is -1.63. The fourth-order valence-electron chi connectivity index (χ4n) is 4.08. The number of hydrogen-bond acceptors (Lipinski definition) is 4. The van der Waals surface area contributed by atoms with Gasteiger partial charge in [-0.25, -0.2) is 0 Å². The van der Waals surface area contributed by atoms with Crippen LogP contribution in [0.4, 0.5) is 0 Å². The van der Waals surface area contributed by atoms with Gasteiger partial charge in [-0.05, 0) is 52.9 Å². The summed E-state index contributed by atoms with van der Waals surface area (Å²) >= 11 is 0. The van der Waals surface area contributed by atoms with Crippen molar-refractivity contribution in [3.05, 3.63) is 109 Å². The van der Waals surface area contributed by atoms with Crippen molar-refractivity contribution in [2.24, 2.45) is 0 Å². The van der Waals surface area contributed by atoms with E-state index in [4.69, 9.17) is 9.40 Å². The standard InChI is InChI=1S/C19H17N2OSi.C12H10N.Ir/c1-23(2,3)19-17-13-8-4-5-10-16(13)22-18(17)14(12-21-19)15-9-6-7-11-20-15;1-10-7-8-12(13-9-10)11-5-3-2-4-6-11;/h4-11H,1-3H3;2-5,7-9H,1H3;/q2*-1;. The van der Waals surface area contributed by atoms with Crippen LogP contribution in [0.2, 0.25) is 19.6 Å². The Hall–Kier alpha value is -3.44. The quantitative estimate of drug-likeness (QED) is 0.146. The van der Waals surface area contributed by atoms with Crippen molar-refractivity contribution in [3.63, 3.8) is 0 Å². The molecule has 4 nitrogen and oxygen atoms in total. The second-order valence-electron chi connectivity index (χ2n) is 9.71. The minimum Gasteiger partial charge on any atom is -0.500 e. The van der Waals surface area contributed by atoms with Crippen molar-refractivity contribution >= 4 is 35.3 Å². The molecule has 0 saturated heterocycles. The number of rotatable bonds is 3. The third kappa shape index (κ3) is 5.77. The van der Waals surface area contributed by atoms with E-state index in [1.165, 1.54) is 5.56 Å². The SMILES string of the molecule is C[Si](C)(C)c1n[c-]c(-c2ccccn2)c2oc3ccccc3c12.Cc1ccc(-c2[c-]cccc2)nc1.[Ir]. The monoisotopic (exact) mass is 678 g/mol.